The second-order valence-corrected chi connectivity index (χ2v) is 3.99. The van der Waals surface area contributed by atoms with Gasteiger partial charge in [0.25, 0.3) is 0 Å². The first kappa shape index (κ1) is 10.7. The summed E-state index contributed by atoms with van der Waals surface area (Å²) in [5.74, 6) is 0. The van der Waals surface area contributed by atoms with Gasteiger partial charge in [-0.25, -0.2) is 0 Å². The summed E-state index contributed by atoms with van der Waals surface area (Å²) in [6, 6.07) is 16.9. The van der Waals surface area contributed by atoms with Crippen LogP contribution >= 0.6 is 0 Å². The first-order valence-corrected chi connectivity index (χ1v) is 5.71. The Hall–Kier alpha value is -1.76. The van der Waals surface area contributed by atoms with Gasteiger partial charge in [0, 0.05) is 11.4 Å². The topological polar surface area (TPSA) is 12.0 Å². The van der Waals surface area contributed by atoms with Crippen LogP contribution in [0.4, 0.5) is 11.4 Å². The monoisotopic (exact) mass is 211 g/mol. The van der Waals surface area contributed by atoms with Gasteiger partial charge in [-0.05, 0) is 42.7 Å². The lowest BCUT2D eigenvalue weighted by molar-refractivity contribution is 1.14. The van der Waals surface area contributed by atoms with E-state index in [4.69, 9.17) is 0 Å². The SMILES string of the molecule is CCc1ccc(Nc2ccccc2C)cc1. The summed E-state index contributed by atoms with van der Waals surface area (Å²) in [4.78, 5) is 0. The highest BCUT2D eigenvalue weighted by molar-refractivity contribution is 5.62. The third-order valence-electron chi connectivity index (χ3n) is 2.79. The fourth-order valence-electron chi connectivity index (χ4n) is 1.69. The molecule has 0 unspecified atom stereocenters. The zero-order chi connectivity index (χ0) is 11.4. The molecule has 0 aliphatic heterocycles. The molecular weight excluding hydrogens is 194 g/mol. The lowest BCUT2D eigenvalue weighted by Crippen LogP contribution is -1.92. The Morgan fingerprint density at radius 2 is 1.62 bits per heavy atom. The van der Waals surface area contributed by atoms with E-state index in [0.29, 0.717) is 0 Å². The molecule has 0 saturated carbocycles. The minimum atomic E-state index is 1.09. The van der Waals surface area contributed by atoms with Crippen molar-refractivity contribution in [3.63, 3.8) is 0 Å². The molecule has 0 saturated heterocycles. The molecule has 1 nitrogen and oxygen atoms in total. The molecule has 82 valence electrons. The zero-order valence-electron chi connectivity index (χ0n) is 9.83. The molecule has 0 fully saturated rings. The molecule has 1 N–H and O–H groups in total. The lowest BCUT2D eigenvalue weighted by atomic mass is 10.1. The number of anilines is 2. The highest BCUT2D eigenvalue weighted by atomic mass is 14.9. The van der Waals surface area contributed by atoms with Gasteiger partial charge < -0.3 is 5.32 Å². The average Bonchev–Trinajstić information content (AvgIpc) is 2.33. The van der Waals surface area contributed by atoms with Gasteiger partial charge in [-0.15, -0.1) is 0 Å². The van der Waals surface area contributed by atoms with Crippen LogP contribution in [0.2, 0.25) is 0 Å². The van der Waals surface area contributed by atoms with Crippen LogP contribution in [-0.4, -0.2) is 0 Å². The molecule has 0 heterocycles. The van der Waals surface area contributed by atoms with Crippen LogP contribution in [0.1, 0.15) is 18.1 Å². The molecule has 0 radical (unpaired) electrons. The molecule has 2 aromatic carbocycles. The molecule has 2 aromatic rings. The molecule has 0 bridgehead atoms. The Balaban J connectivity index is 2.18. The average molecular weight is 211 g/mol. The third-order valence-corrected chi connectivity index (χ3v) is 2.79. The summed E-state index contributed by atoms with van der Waals surface area (Å²) in [6.07, 6.45) is 1.09. The van der Waals surface area contributed by atoms with E-state index in [1.54, 1.807) is 0 Å². The summed E-state index contributed by atoms with van der Waals surface area (Å²) in [5.41, 5.74) is 4.95. The first-order chi connectivity index (χ1) is 7.79. The summed E-state index contributed by atoms with van der Waals surface area (Å²) in [7, 11) is 0. The minimum absolute atomic E-state index is 1.09. The van der Waals surface area contributed by atoms with Crippen molar-refractivity contribution in [1.82, 2.24) is 0 Å². The largest absolute Gasteiger partial charge is 0.355 e. The number of aryl methyl sites for hydroxylation is 2. The van der Waals surface area contributed by atoms with E-state index in [2.05, 4.69) is 67.7 Å². The Morgan fingerprint density at radius 1 is 0.938 bits per heavy atom. The zero-order valence-corrected chi connectivity index (χ0v) is 9.83. The van der Waals surface area contributed by atoms with Gasteiger partial charge in [-0.3, -0.25) is 0 Å². The molecule has 0 spiro atoms. The fraction of sp³-hybridized carbons (Fsp3) is 0.200. The number of rotatable bonds is 3. The van der Waals surface area contributed by atoms with Gasteiger partial charge in [-0.2, -0.15) is 0 Å². The molecule has 0 aliphatic carbocycles. The Labute approximate surface area is 97.1 Å². The number of para-hydroxylation sites is 1. The highest BCUT2D eigenvalue weighted by Gasteiger charge is 1.97. The summed E-state index contributed by atoms with van der Waals surface area (Å²) in [5, 5.41) is 3.42. The van der Waals surface area contributed by atoms with Gasteiger partial charge >= 0.3 is 0 Å². The van der Waals surface area contributed by atoms with Gasteiger partial charge in [0.05, 0.1) is 0 Å². The maximum absolute atomic E-state index is 3.42. The normalized spacial score (nSPS) is 10.1. The van der Waals surface area contributed by atoms with Crippen molar-refractivity contribution in [3.8, 4) is 0 Å². The maximum atomic E-state index is 3.42. The summed E-state index contributed by atoms with van der Waals surface area (Å²) >= 11 is 0. The van der Waals surface area contributed by atoms with E-state index < -0.39 is 0 Å². The second kappa shape index (κ2) is 4.84. The van der Waals surface area contributed by atoms with E-state index in [9.17, 15) is 0 Å². The van der Waals surface area contributed by atoms with Crippen molar-refractivity contribution in [2.45, 2.75) is 20.3 Å². The predicted octanol–water partition coefficient (Wildman–Crippen LogP) is 4.30. The van der Waals surface area contributed by atoms with Crippen LogP contribution in [0.25, 0.3) is 0 Å². The van der Waals surface area contributed by atoms with Gasteiger partial charge in [0.2, 0.25) is 0 Å². The molecule has 1 heteroatoms. The summed E-state index contributed by atoms with van der Waals surface area (Å²) < 4.78 is 0. The van der Waals surface area contributed by atoms with E-state index in [0.717, 1.165) is 12.1 Å². The molecule has 16 heavy (non-hydrogen) atoms. The number of benzene rings is 2. The van der Waals surface area contributed by atoms with Crippen molar-refractivity contribution in [2.24, 2.45) is 0 Å². The predicted molar refractivity (Wildman–Crippen MR) is 70.3 cm³/mol. The van der Waals surface area contributed by atoms with Crippen molar-refractivity contribution in [1.29, 1.82) is 0 Å². The molecule has 2 rings (SSSR count). The van der Waals surface area contributed by atoms with Crippen LogP contribution < -0.4 is 5.32 Å². The van der Waals surface area contributed by atoms with Crippen LogP contribution in [0.5, 0.6) is 0 Å². The molecular formula is C15H17N. The summed E-state index contributed by atoms with van der Waals surface area (Å²) in [6.45, 7) is 4.28. The number of hydrogen-bond acceptors (Lipinski definition) is 1. The Bertz CT molecular complexity index is 457. The highest BCUT2D eigenvalue weighted by Crippen LogP contribution is 2.20. The van der Waals surface area contributed by atoms with Crippen molar-refractivity contribution in [2.75, 3.05) is 5.32 Å². The molecule has 0 aromatic heterocycles. The standard InChI is InChI=1S/C15H17N/c1-3-13-8-10-14(11-9-13)16-15-7-5-4-6-12(15)2/h4-11,16H,3H2,1-2H3. The lowest BCUT2D eigenvalue weighted by Gasteiger charge is -2.09. The Kier molecular flexibility index (Phi) is 3.25. The Morgan fingerprint density at radius 3 is 2.25 bits per heavy atom. The van der Waals surface area contributed by atoms with Crippen molar-refractivity contribution < 1.29 is 0 Å². The van der Waals surface area contributed by atoms with Gasteiger partial charge in [0.1, 0.15) is 0 Å². The fourth-order valence-corrected chi connectivity index (χ4v) is 1.69. The van der Waals surface area contributed by atoms with Crippen LogP contribution in [0.15, 0.2) is 48.5 Å². The molecule has 0 aliphatic rings. The third kappa shape index (κ3) is 2.43. The van der Waals surface area contributed by atoms with Crippen LogP contribution in [-0.2, 0) is 6.42 Å². The first-order valence-electron chi connectivity index (χ1n) is 5.71. The minimum Gasteiger partial charge on any atom is -0.355 e. The van der Waals surface area contributed by atoms with Crippen LogP contribution in [0.3, 0.4) is 0 Å². The molecule has 0 amide bonds. The van der Waals surface area contributed by atoms with Gasteiger partial charge in [0.15, 0.2) is 0 Å². The number of nitrogens with one attached hydrogen (secondary N) is 1. The maximum Gasteiger partial charge on any atom is 0.0413 e. The second-order valence-electron chi connectivity index (χ2n) is 3.99. The quantitative estimate of drug-likeness (QED) is 0.798. The molecule has 0 atom stereocenters. The van der Waals surface area contributed by atoms with E-state index >= 15 is 0 Å². The smallest absolute Gasteiger partial charge is 0.0413 e. The van der Waals surface area contributed by atoms with E-state index in [1.165, 1.54) is 16.8 Å². The van der Waals surface area contributed by atoms with Crippen molar-refractivity contribution in [3.05, 3.63) is 59.7 Å². The van der Waals surface area contributed by atoms with E-state index in [-0.39, 0.29) is 0 Å². The van der Waals surface area contributed by atoms with Gasteiger partial charge in [-0.1, -0.05) is 37.3 Å². The van der Waals surface area contributed by atoms with Crippen LogP contribution in [0, 0.1) is 6.92 Å². The van der Waals surface area contributed by atoms with Crippen molar-refractivity contribution >= 4 is 11.4 Å². The van der Waals surface area contributed by atoms with E-state index in [1.807, 2.05) is 0 Å². The number of hydrogen-bond donors (Lipinski definition) is 1.